The maximum Gasteiger partial charge on any atom is 0.330 e. The number of esters is 1. The summed E-state index contributed by atoms with van der Waals surface area (Å²) in [4.78, 5) is 55.5. The van der Waals surface area contributed by atoms with Crippen molar-refractivity contribution in [1.82, 2.24) is 20.9 Å². The number of hydrogen-bond donors (Lipinski definition) is 3. The van der Waals surface area contributed by atoms with Crippen LogP contribution in [0.5, 0.6) is 5.75 Å². The lowest BCUT2D eigenvalue weighted by Gasteiger charge is -2.30. The van der Waals surface area contributed by atoms with Gasteiger partial charge < -0.3 is 35.1 Å². The molecule has 6 atom stereocenters. The maximum absolute atomic E-state index is 13.6. The Morgan fingerprint density at radius 2 is 1.77 bits per heavy atom. The molecule has 47 heavy (non-hydrogen) atoms. The minimum Gasteiger partial charge on any atom is -0.495 e. The number of amides is 3. The van der Waals surface area contributed by atoms with Crippen LogP contribution < -0.4 is 20.7 Å². The monoisotopic (exact) mass is 668 g/mol. The van der Waals surface area contributed by atoms with E-state index in [1.165, 1.54) is 13.2 Å². The van der Waals surface area contributed by atoms with E-state index < -0.39 is 47.3 Å². The summed E-state index contributed by atoms with van der Waals surface area (Å²) < 4.78 is 17.3. The van der Waals surface area contributed by atoms with Crippen LogP contribution in [0.15, 0.2) is 60.7 Å². The highest BCUT2D eigenvalue weighted by Crippen LogP contribution is 2.45. The Morgan fingerprint density at radius 3 is 2.43 bits per heavy atom. The predicted molar refractivity (Wildman–Crippen MR) is 178 cm³/mol. The Bertz CT molecular complexity index is 1470. The molecule has 4 rings (SSSR count). The number of carbonyl (C=O) groups excluding carboxylic acids is 4. The summed E-state index contributed by atoms with van der Waals surface area (Å²) in [6, 6.07) is 13.0. The number of rotatable bonds is 8. The van der Waals surface area contributed by atoms with Crippen LogP contribution in [0.1, 0.15) is 44.4 Å². The van der Waals surface area contributed by atoms with Crippen molar-refractivity contribution in [3.8, 4) is 5.75 Å². The van der Waals surface area contributed by atoms with E-state index in [0.29, 0.717) is 16.3 Å². The van der Waals surface area contributed by atoms with E-state index in [9.17, 15) is 19.2 Å². The van der Waals surface area contributed by atoms with Crippen LogP contribution in [0.4, 0.5) is 0 Å². The smallest absolute Gasteiger partial charge is 0.330 e. The SMILES string of the molecule is COc1ccc(C[C@H]2NC(=O)/C=C/C[C@@H]([C@H](C)[C@H]3O[C@@H]3c3ccccc3)OC(=O)[C@H](CN(C)C)NC(=O)C(C)(C)CNC2=O)cc1Cl. The highest BCUT2D eigenvalue weighted by Gasteiger charge is 2.47. The van der Waals surface area contributed by atoms with E-state index in [-0.39, 0.29) is 44.1 Å². The first-order chi connectivity index (χ1) is 22.3. The fourth-order valence-corrected chi connectivity index (χ4v) is 5.75. The molecule has 0 unspecified atom stereocenters. The second-order valence-electron chi connectivity index (χ2n) is 13.0. The quantitative estimate of drug-likeness (QED) is 0.288. The van der Waals surface area contributed by atoms with Crippen molar-refractivity contribution >= 4 is 35.3 Å². The summed E-state index contributed by atoms with van der Waals surface area (Å²) in [5.41, 5.74) is 0.630. The molecule has 2 heterocycles. The third-order valence-electron chi connectivity index (χ3n) is 8.41. The van der Waals surface area contributed by atoms with E-state index in [0.717, 1.165) is 5.56 Å². The molecule has 1 fully saturated rings. The number of carbonyl (C=O) groups is 4. The molecule has 2 aliphatic heterocycles. The van der Waals surface area contributed by atoms with E-state index >= 15 is 0 Å². The molecule has 3 amide bonds. The molecule has 0 spiro atoms. The number of ether oxygens (including phenoxy) is 3. The third-order valence-corrected chi connectivity index (χ3v) is 8.70. The number of cyclic esters (lactones) is 1. The second-order valence-corrected chi connectivity index (χ2v) is 13.4. The number of halogens is 1. The van der Waals surface area contributed by atoms with Crippen molar-refractivity contribution in [3.63, 3.8) is 0 Å². The van der Waals surface area contributed by atoms with Gasteiger partial charge in [-0.1, -0.05) is 61.0 Å². The van der Waals surface area contributed by atoms with Gasteiger partial charge in [0, 0.05) is 31.8 Å². The first kappa shape index (κ1) is 35.9. The minimum atomic E-state index is -1.10. The van der Waals surface area contributed by atoms with Gasteiger partial charge in [-0.05, 0) is 57.3 Å². The molecule has 0 bridgehead atoms. The molecule has 0 radical (unpaired) electrons. The molecule has 12 heteroatoms. The lowest BCUT2D eigenvalue weighted by molar-refractivity contribution is -0.156. The van der Waals surface area contributed by atoms with Crippen LogP contribution in [0, 0.1) is 11.3 Å². The largest absolute Gasteiger partial charge is 0.495 e. The lowest BCUT2D eigenvalue weighted by atomic mass is 9.91. The van der Waals surface area contributed by atoms with E-state index in [1.807, 2.05) is 37.3 Å². The van der Waals surface area contributed by atoms with Crippen LogP contribution >= 0.6 is 11.6 Å². The Labute approximate surface area is 281 Å². The van der Waals surface area contributed by atoms with E-state index in [1.54, 1.807) is 57.1 Å². The van der Waals surface area contributed by atoms with Gasteiger partial charge in [0.05, 0.1) is 23.7 Å². The number of nitrogens with zero attached hydrogens (tertiary/aromatic N) is 1. The highest BCUT2D eigenvalue weighted by molar-refractivity contribution is 6.32. The van der Waals surface area contributed by atoms with Crippen LogP contribution in [0.3, 0.4) is 0 Å². The first-order valence-corrected chi connectivity index (χ1v) is 16.1. The topological polar surface area (TPSA) is 139 Å². The molecule has 1 saturated heterocycles. The van der Waals surface area contributed by atoms with Gasteiger partial charge in [0.2, 0.25) is 17.7 Å². The summed E-state index contributed by atoms with van der Waals surface area (Å²) in [6.07, 6.45) is 2.32. The highest BCUT2D eigenvalue weighted by atomic mass is 35.5. The number of hydrogen-bond acceptors (Lipinski definition) is 8. The van der Waals surface area contributed by atoms with Gasteiger partial charge in [-0.2, -0.15) is 0 Å². The maximum atomic E-state index is 13.6. The van der Waals surface area contributed by atoms with Crippen molar-refractivity contribution in [2.45, 2.75) is 64.0 Å². The van der Waals surface area contributed by atoms with Crippen molar-refractivity contribution < 1.29 is 33.4 Å². The van der Waals surface area contributed by atoms with Gasteiger partial charge in [-0.25, -0.2) is 4.79 Å². The van der Waals surface area contributed by atoms with Gasteiger partial charge in [-0.3, -0.25) is 14.4 Å². The van der Waals surface area contributed by atoms with Gasteiger partial charge in [0.15, 0.2) is 0 Å². The van der Waals surface area contributed by atoms with E-state index in [4.69, 9.17) is 25.8 Å². The zero-order valence-electron chi connectivity index (χ0n) is 27.7. The molecule has 2 aliphatic rings. The van der Waals surface area contributed by atoms with Gasteiger partial charge in [0.1, 0.15) is 30.0 Å². The summed E-state index contributed by atoms with van der Waals surface area (Å²) in [7, 11) is 5.10. The average molecular weight is 669 g/mol. The average Bonchev–Trinajstić information content (AvgIpc) is 3.83. The van der Waals surface area contributed by atoms with Crippen LogP contribution in [-0.4, -0.2) is 87.2 Å². The van der Waals surface area contributed by atoms with Crippen molar-refractivity contribution in [3.05, 3.63) is 76.8 Å². The van der Waals surface area contributed by atoms with Crippen molar-refractivity contribution in [2.24, 2.45) is 11.3 Å². The standard InChI is InChI=1S/C35H45ClN4O7/c1-21(30-31(47-30)23-11-8-7-9-12-23)27-13-10-14-29(41)38-25(18-22-15-16-28(45-6)24(36)17-22)32(42)37-20-35(2,3)34(44)39-26(19-40(4)5)33(43)46-27/h7-12,14-17,21,25-27,30-31H,13,18-20H2,1-6H3,(H,37,42)(H,38,41)(H,39,44)/b14-10+/t21-,25+,26-,27-,30+,31+/m0/s1. The molecule has 254 valence electrons. The van der Waals surface area contributed by atoms with Crippen LogP contribution in [0.25, 0.3) is 0 Å². The number of benzene rings is 2. The van der Waals surface area contributed by atoms with Gasteiger partial charge in [-0.15, -0.1) is 0 Å². The van der Waals surface area contributed by atoms with Crippen molar-refractivity contribution in [2.75, 3.05) is 34.3 Å². The molecular weight excluding hydrogens is 624 g/mol. The molecule has 2 aromatic carbocycles. The third kappa shape index (κ3) is 9.79. The molecule has 0 aliphatic carbocycles. The zero-order chi connectivity index (χ0) is 34.3. The Hall–Kier alpha value is -3.93. The molecule has 0 aromatic heterocycles. The zero-order valence-corrected chi connectivity index (χ0v) is 28.5. The predicted octanol–water partition coefficient (Wildman–Crippen LogP) is 3.21. The fourth-order valence-electron chi connectivity index (χ4n) is 5.47. The molecular formula is C35H45ClN4O7. The molecule has 2 aromatic rings. The van der Waals surface area contributed by atoms with Gasteiger partial charge in [0.25, 0.3) is 0 Å². The first-order valence-electron chi connectivity index (χ1n) is 15.7. The summed E-state index contributed by atoms with van der Waals surface area (Å²) in [5.74, 6) is -1.75. The summed E-state index contributed by atoms with van der Waals surface area (Å²) in [5, 5.41) is 8.80. The van der Waals surface area contributed by atoms with Crippen LogP contribution in [-0.2, 0) is 35.1 Å². The van der Waals surface area contributed by atoms with E-state index in [2.05, 4.69) is 16.0 Å². The Kier molecular flexibility index (Phi) is 12.1. The number of methoxy groups -OCH3 is 1. The van der Waals surface area contributed by atoms with Gasteiger partial charge >= 0.3 is 5.97 Å². The van der Waals surface area contributed by atoms with Crippen LogP contribution in [0.2, 0.25) is 5.02 Å². The number of likely N-dealkylation sites (N-methyl/N-ethyl adjacent to an activating group) is 1. The normalized spacial score (nSPS) is 26.8. The Morgan fingerprint density at radius 1 is 1.04 bits per heavy atom. The summed E-state index contributed by atoms with van der Waals surface area (Å²) >= 11 is 6.32. The van der Waals surface area contributed by atoms with Crippen molar-refractivity contribution in [1.29, 1.82) is 0 Å². The minimum absolute atomic E-state index is 0.0491. The number of nitrogens with one attached hydrogen (secondary N) is 3. The number of epoxide rings is 1. The fraction of sp³-hybridized carbons (Fsp3) is 0.486. The lowest BCUT2D eigenvalue weighted by Crippen LogP contribution is -2.55. The Balaban J connectivity index is 1.61. The summed E-state index contributed by atoms with van der Waals surface area (Å²) in [6.45, 7) is 5.43. The molecule has 0 saturated carbocycles. The molecule has 11 nitrogen and oxygen atoms in total. The molecule has 3 N–H and O–H groups in total. The second kappa shape index (κ2) is 15.8.